The van der Waals surface area contributed by atoms with Crippen LogP contribution in [0, 0.1) is 0 Å². The average Bonchev–Trinajstić information content (AvgIpc) is 2.91. The first-order chi connectivity index (χ1) is 10.2. The van der Waals surface area contributed by atoms with Gasteiger partial charge in [0, 0.05) is 17.0 Å². The highest BCUT2D eigenvalue weighted by Crippen LogP contribution is 2.23. The molecule has 1 aromatic carbocycles. The molecule has 0 N–H and O–H groups in total. The lowest BCUT2D eigenvalue weighted by Crippen LogP contribution is -2.12. The van der Waals surface area contributed by atoms with Crippen LogP contribution in [0.5, 0.6) is 5.75 Å². The molecule has 0 unspecified atom stereocenters. The Morgan fingerprint density at radius 3 is 2.57 bits per heavy atom. The van der Waals surface area contributed by atoms with Crippen molar-refractivity contribution in [2.75, 3.05) is 12.9 Å². The number of aromatic nitrogens is 2. The van der Waals surface area contributed by atoms with Gasteiger partial charge >= 0.3 is 0 Å². The summed E-state index contributed by atoms with van der Waals surface area (Å²) in [4.78, 5) is 13.9. The SMILES string of the molecule is CCCn1ncc(OC)c1C(=O)c1ccc(SCC)cc1. The minimum Gasteiger partial charge on any atom is -0.493 e. The van der Waals surface area contributed by atoms with E-state index in [9.17, 15) is 4.79 Å². The summed E-state index contributed by atoms with van der Waals surface area (Å²) in [5.41, 5.74) is 1.18. The largest absolute Gasteiger partial charge is 0.493 e. The topological polar surface area (TPSA) is 44.1 Å². The molecule has 0 aliphatic carbocycles. The highest BCUT2D eigenvalue weighted by Gasteiger charge is 2.20. The molecular formula is C16H20N2O2S. The quantitative estimate of drug-likeness (QED) is 0.578. The molecule has 5 heteroatoms. The van der Waals surface area contributed by atoms with E-state index in [4.69, 9.17) is 4.74 Å². The number of ketones is 1. The van der Waals surface area contributed by atoms with Crippen LogP contribution in [-0.4, -0.2) is 28.4 Å². The molecular weight excluding hydrogens is 284 g/mol. The summed E-state index contributed by atoms with van der Waals surface area (Å²) >= 11 is 1.76. The fourth-order valence-electron chi connectivity index (χ4n) is 2.13. The summed E-state index contributed by atoms with van der Waals surface area (Å²) in [6, 6.07) is 7.69. The highest BCUT2D eigenvalue weighted by atomic mass is 32.2. The molecule has 1 aromatic heterocycles. The zero-order valence-corrected chi connectivity index (χ0v) is 13.4. The molecule has 2 aromatic rings. The molecule has 1 heterocycles. The monoisotopic (exact) mass is 304 g/mol. The van der Waals surface area contributed by atoms with Gasteiger partial charge in [-0.3, -0.25) is 9.48 Å². The van der Waals surface area contributed by atoms with Crippen molar-refractivity contribution in [1.29, 1.82) is 0 Å². The molecule has 0 aliphatic rings. The first-order valence-electron chi connectivity index (χ1n) is 7.08. The van der Waals surface area contributed by atoms with Gasteiger partial charge in [0.15, 0.2) is 11.4 Å². The summed E-state index contributed by atoms with van der Waals surface area (Å²) in [6.45, 7) is 4.87. The average molecular weight is 304 g/mol. The predicted octanol–water partition coefficient (Wildman–Crippen LogP) is 3.64. The van der Waals surface area contributed by atoms with Gasteiger partial charge in [-0.1, -0.05) is 13.8 Å². The Bertz CT molecular complexity index is 605. The molecule has 0 atom stereocenters. The van der Waals surface area contributed by atoms with Crippen molar-refractivity contribution in [3.63, 3.8) is 0 Å². The Hall–Kier alpha value is -1.75. The van der Waals surface area contributed by atoms with Crippen molar-refractivity contribution < 1.29 is 9.53 Å². The number of hydrogen-bond acceptors (Lipinski definition) is 4. The Balaban J connectivity index is 2.32. The minimum atomic E-state index is -0.0501. The zero-order chi connectivity index (χ0) is 15.2. The van der Waals surface area contributed by atoms with Crippen LogP contribution in [0.15, 0.2) is 35.4 Å². The van der Waals surface area contributed by atoms with E-state index in [1.165, 1.54) is 4.90 Å². The van der Waals surface area contributed by atoms with E-state index < -0.39 is 0 Å². The fourth-order valence-corrected chi connectivity index (χ4v) is 2.80. The lowest BCUT2D eigenvalue weighted by Gasteiger charge is -2.08. The summed E-state index contributed by atoms with van der Waals surface area (Å²) in [5.74, 6) is 1.50. The van der Waals surface area contributed by atoms with Gasteiger partial charge in [0.25, 0.3) is 0 Å². The maximum absolute atomic E-state index is 12.7. The standard InChI is InChI=1S/C16H20N2O2S/c1-4-10-18-15(14(20-3)11-17-18)16(19)12-6-8-13(9-7-12)21-5-2/h6-9,11H,4-5,10H2,1-3H3. The minimum absolute atomic E-state index is 0.0501. The van der Waals surface area contributed by atoms with Crippen molar-refractivity contribution >= 4 is 17.5 Å². The molecule has 0 bridgehead atoms. The number of carbonyl (C=O) groups is 1. The molecule has 4 nitrogen and oxygen atoms in total. The number of methoxy groups -OCH3 is 1. The number of nitrogens with zero attached hydrogens (tertiary/aromatic N) is 2. The second kappa shape index (κ2) is 7.31. The molecule has 0 spiro atoms. The summed E-state index contributed by atoms with van der Waals surface area (Å²) in [7, 11) is 1.56. The number of carbonyl (C=O) groups excluding carboxylic acids is 1. The van der Waals surface area contributed by atoms with Gasteiger partial charge in [-0.2, -0.15) is 5.10 Å². The van der Waals surface area contributed by atoms with E-state index in [1.54, 1.807) is 29.8 Å². The second-order valence-electron chi connectivity index (χ2n) is 4.57. The summed E-state index contributed by atoms with van der Waals surface area (Å²) < 4.78 is 6.99. The lowest BCUT2D eigenvalue weighted by atomic mass is 10.1. The molecule has 0 aliphatic heterocycles. The molecule has 2 rings (SSSR count). The first kappa shape index (κ1) is 15.6. The van der Waals surface area contributed by atoms with Crippen LogP contribution in [0.2, 0.25) is 0 Å². The van der Waals surface area contributed by atoms with Crippen LogP contribution >= 0.6 is 11.8 Å². The summed E-state index contributed by atoms with van der Waals surface area (Å²) in [5, 5.41) is 4.24. The van der Waals surface area contributed by atoms with Gasteiger partial charge in [0.05, 0.1) is 13.3 Å². The van der Waals surface area contributed by atoms with Crippen LogP contribution in [0.1, 0.15) is 36.3 Å². The van der Waals surface area contributed by atoms with Gasteiger partial charge in [-0.05, 0) is 36.4 Å². The highest BCUT2D eigenvalue weighted by molar-refractivity contribution is 7.99. The van der Waals surface area contributed by atoms with E-state index in [2.05, 4.69) is 18.9 Å². The van der Waals surface area contributed by atoms with E-state index in [1.807, 2.05) is 24.3 Å². The van der Waals surface area contributed by atoms with E-state index in [0.717, 1.165) is 12.2 Å². The van der Waals surface area contributed by atoms with Crippen LogP contribution in [0.3, 0.4) is 0 Å². The smallest absolute Gasteiger partial charge is 0.214 e. The Labute approximate surface area is 129 Å². The number of aryl methyl sites for hydroxylation is 1. The van der Waals surface area contributed by atoms with Crippen molar-refractivity contribution in [1.82, 2.24) is 9.78 Å². The Morgan fingerprint density at radius 1 is 1.29 bits per heavy atom. The number of ether oxygens (including phenoxy) is 1. The van der Waals surface area contributed by atoms with Gasteiger partial charge in [-0.15, -0.1) is 11.8 Å². The number of thioether (sulfide) groups is 1. The molecule has 0 radical (unpaired) electrons. The third-order valence-electron chi connectivity index (χ3n) is 3.10. The molecule has 0 fully saturated rings. The zero-order valence-electron chi connectivity index (χ0n) is 12.6. The normalized spacial score (nSPS) is 10.6. The van der Waals surface area contributed by atoms with E-state index >= 15 is 0 Å². The maximum Gasteiger partial charge on any atom is 0.214 e. The molecule has 21 heavy (non-hydrogen) atoms. The Morgan fingerprint density at radius 2 is 2.00 bits per heavy atom. The van der Waals surface area contributed by atoms with Crippen LogP contribution < -0.4 is 4.74 Å². The fraction of sp³-hybridized carbons (Fsp3) is 0.375. The maximum atomic E-state index is 12.7. The van der Waals surface area contributed by atoms with Gasteiger partial charge in [0.1, 0.15) is 0 Å². The molecule has 0 saturated heterocycles. The van der Waals surface area contributed by atoms with Crippen molar-refractivity contribution in [3.8, 4) is 5.75 Å². The third kappa shape index (κ3) is 3.47. The lowest BCUT2D eigenvalue weighted by molar-refractivity contribution is 0.102. The second-order valence-corrected chi connectivity index (χ2v) is 5.91. The predicted molar refractivity (Wildman–Crippen MR) is 85.3 cm³/mol. The Kier molecular flexibility index (Phi) is 5.44. The summed E-state index contributed by atoms with van der Waals surface area (Å²) in [6.07, 6.45) is 2.52. The van der Waals surface area contributed by atoms with Gasteiger partial charge in [-0.25, -0.2) is 0 Å². The van der Waals surface area contributed by atoms with Crippen LogP contribution in [0.25, 0.3) is 0 Å². The van der Waals surface area contributed by atoms with E-state index in [-0.39, 0.29) is 5.78 Å². The molecule has 0 saturated carbocycles. The molecule has 112 valence electrons. The number of rotatable bonds is 7. The van der Waals surface area contributed by atoms with Gasteiger partial charge < -0.3 is 4.74 Å². The van der Waals surface area contributed by atoms with Crippen LogP contribution in [0.4, 0.5) is 0 Å². The third-order valence-corrected chi connectivity index (χ3v) is 4.00. The number of hydrogen-bond donors (Lipinski definition) is 0. The van der Waals surface area contributed by atoms with Gasteiger partial charge in [0.2, 0.25) is 5.78 Å². The molecule has 0 amide bonds. The van der Waals surface area contributed by atoms with Crippen LogP contribution in [-0.2, 0) is 6.54 Å². The van der Waals surface area contributed by atoms with Crippen molar-refractivity contribution in [2.45, 2.75) is 31.7 Å². The van der Waals surface area contributed by atoms with Crippen molar-refractivity contribution in [2.24, 2.45) is 0 Å². The first-order valence-corrected chi connectivity index (χ1v) is 8.07. The van der Waals surface area contributed by atoms with E-state index in [0.29, 0.717) is 23.6 Å². The van der Waals surface area contributed by atoms with Crippen molar-refractivity contribution in [3.05, 3.63) is 41.7 Å². The number of benzene rings is 1.